The van der Waals surface area contributed by atoms with Crippen molar-refractivity contribution in [1.29, 1.82) is 0 Å². The Morgan fingerprint density at radius 3 is 1.76 bits per heavy atom. The fraction of sp³-hybridized carbons (Fsp3) is 1.00. The summed E-state index contributed by atoms with van der Waals surface area (Å²) < 4.78 is 20.6. The molecule has 0 saturated heterocycles. The molecular weight excluding hydrogens is 469 g/mol. The summed E-state index contributed by atoms with van der Waals surface area (Å²) >= 11 is 0. The molecule has 4 fully saturated rings. The van der Waals surface area contributed by atoms with Gasteiger partial charge < -0.3 is 13.3 Å². The SMILES string of the molecule is C[C@]12CCC3C(CC[C@H]4C[C@H](O[Si](C)(C)C)CC[C@]34C)C1C[C@H](O[Si](C)(C)C)[C@@H]2O[Si](C)(C)C. The van der Waals surface area contributed by atoms with Gasteiger partial charge in [-0.25, -0.2) is 0 Å². The molecule has 0 N–H and O–H groups in total. The molecule has 0 bridgehead atoms. The molecule has 6 heteroatoms. The topological polar surface area (TPSA) is 27.7 Å². The maximum Gasteiger partial charge on any atom is 0.184 e. The van der Waals surface area contributed by atoms with Gasteiger partial charge in [0.05, 0.1) is 12.2 Å². The Balaban J connectivity index is 1.56. The average molecular weight is 525 g/mol. The van der Waals surface area contributed by atoms with Crippen molar-refractivity contribution >= 4 is 25.0 Å². The van der Waals surface area contributed by atoms with Gasteiger partial charge in [0.25, 0.3) is 0 Å². The summed E-state index contributed by atoms with van der Waals surface area (Å²) in [5.41, 5.74) is 0.795. The molecule has 4 rings (SSSR count). The number of fused-ring (bicyclic) bond motifs is 5. The Hall–Kier alpha value is 0.531. The summed E-state index contributed by atoms with van der Waals surface area (Å²) in [7, 11) is -4.74. The van der Waals surface area contributed by atoms with Crippen LogP contribution in [0.5, 0.6) is 0 Å². The number of rotatable bonds is 6. The lowest BCUT2D eigenvalue weighted by Gasteiger charge is -2.61. The van der Waals surface area contributed by atoms with Gasteiger partial charge in [-0.15, -0.1) is 0 Å². The Morgan fingerprint density at radius 1 is 0.588 bits per heavy atom. The van der Waals surface area contributed by atoms with E-state index in [1.54, 1.807) is 0 Å². The molecule has 4 saturated carbocycles. The second-order valence-corrected chi connectivity index (χ2v) is 29.4. The van der Waals surface area contributed by atoms with Crippen molar-refractivity contribution in [2.75, 3.05) is 0 Å². The predicted octanol–water partition coefficient (Wildman–Crippen LogP) is 8.30. The van der Waals surface area contributed by atoms with Crippen molar-refractivity contribution in [3.05, 3.63) is 0 Å². The maximum atomic E-state index is 7.03. The standard InChI is InChI=1S/C28H56O3Si3/c1-27-16-14-21(29-32(3,4)5)18-20(27)12-13-22-23(27)15-17-28(2)24(22)19-25(30-33(6,7)8)26(28)31-34(9,10)11/h20-26H,12-19H2,1-11H3/t20-,21+,22?,23?,24?,25-,26-,27-,28-/m0/s1. The highest BCUT2D eigenvalue weighted by molar-refractivity contribution is 6.70. The largest absolute Gasteiger partial charge is 0.415 e. The summed E-state index contributed by atoms with van der Waals surface area (Å²) in [5.74, 6) is 3.37. The van der Waals surface area contributed by atoms with Gasteiger partial charge in [-0.3, -0.25) is 0 Å². The van der Waals surface area contributed by atoms with E-state index in [0.29, 0.717) is 23.7 Å². The highest BCUT2D eigenvalue weighted by Gasteiger charge is 2.63. The smallest absolute Gasteiger partial charge is 0.184 e. The van der Waals surface area contributed by atoms with Crippen molar-refractivity contribution in [3.63, 3.8) is 0 Å². The van der Waals surface area contributed by atoms with Crippen LogP contribution in [0, 0.1) is 34.5 Å². The van der Waals surface area contributed by atoms with E-state index in [4.69, 9.17) is 13.3 Å². The molecule has 0 aliphatic heterocycles. The van der Waals surface area contributed by atoms with E-state index in [-0.39, 0.29) is 5.41 Å². The van der Waals surface area contributed by atoms with E-state index in [2.05, 4.69) is 72.8 Å². The molecule has 4 aliphatic carbocycles. The summed E-state index contributed by atoms with van der Waals surface area (Å²) in [5, 5.41) is 0. The molecule has 34 heavy (non-hydrogen) atoms. The van der Waals surface area contributed by atoms with E-state index in [1.807, 2.05) is 0 Å². The second kappa shape index (κ2) is 9.07. The van der Waals surface area contributed by atoms with E-state index < -0.39 is 25.0 Å². The molecule has 0 aromatic heterocycles. The fourth-order valence-electron chi connectivity index (χ4n) is 8.92. The van der Waals surface area contributed by atoms with Crippen molar-refractivity contribution in [3.8, 4) is 0 Å². The van der Waals surface area contributed by atoms with Crippen LogP contribution in [0.25, 0.3) is 0 Å². The van der Waals surface area contributed by atoms with E-state index in [0.717, 1.165) is 23.7 Å². The monoisotopic (exact) mass is 524 g/mol. The molecule has 3 nitrogen and oxygen atoms in total. The lowest BCUT2D eigenvalue weighted by Crippen LogP contribution is -2.56. The lowest BCUT2D eigenvalue weighted by atomic mass is 9.45. The fourth-order valence-corrected chi connectivity index (χ4v) is 12.4. The van der Waals surface area contributed by atoms with Gasteiger partial charge >= 0.3 is 0 Å². The number of hydrogen-bond donors (Lipinski definition) is 0. The van der Waals surface area contributed by atoms with E-state index >= 15 is 0 Å². The highest BCUT2D eigenvalue weighted by atomic mass is 28.4. The summed E-state index contributed by atoms with van der Waals surface area (Å²) in [6, 6.07) is 0. The van der Waals surface area contributed by atoms with Gasteiger partial charge in [-0.05, 0) is 145 Å². The zero-order valence-electron chi connectivity index (χ0n) is 24.4. The van der Waals surface area contributed by atoms with Crippen molar-refractivity contribution < 1.29 is 13.3 Å². The van der Waals surface area contributed by atoms with Crippen LogP contribution in [0.2, 0.25) is 58.9 Å². The quantitative estimate of drug-likeness (QED) is 0.327. The lowest BCUT2D eigenvalue weighted by molar-refractivity contribution is -0.131. The molecule has 0 heterocycles. The molecule has 0 aromatic rings. The Morgan fingerprint density at radius 2 is 1.18 bits per heavy atom. The number of hydrogen-bond acceptors (Lipinski definition) is 3. The third kappa shape index (κ3) is 5.52. The Labute approximate surface area is 214 Å². The molecule has 0 amide bonds. The molecule has 4 aliphatic rings. The van der Waals surface area contributed by atoms with Crippen LogP contribution in [0.1, 0.15) is 65.2 Å². The first kappa shape index (κ1) is 27.6. The van der Waals surface area contributed by atoms with Crippen LogP contribution >= 0.6 is 0 Å². The van der Waals surface area contributed by atoms with E-state index in [9.17, 15) is 0 Å². The Kier molecular flexibility index (Phi) is 7.36. The second-order valence-electron chi connectivity index (χ2n) is 16.0. The Bertz CT molecular complexity index is 739. The van der Waals surface area contributed by atoms with Gasteiger partial charge in [0.2, 0.25) is 0 Å². The van der Waals surface area contributed by atoms with Gasteiger partial charge in [-0.2, -0.15) is 0 Å². The average Bonchev–Trinajstić information content (AvgIpc) is 2.90. The normalized spacial score (nSPS) is 45.4. The van der Waals surface area contributed by atoms with Gasteiger partial charge in [0.1, 0.15) is 0 Å². The summed E-state index contributed by atoms with van der Waals surface area (Å²) in [6.07, 6.45) is 11.9. The van der Waals surface area contributed by atoms with E-state index in [1.165, 1.54) is 51.4 Å². The van der Waals surface area contributed by atoms with Crippen molar-refractivity contribution in [1.82, 2.24) is 0 Å². The molecule has 0 spiro atoms. The molecule has 9 atom stereocenters. The first-order valence-electron chi connectivity index (χ1n) is 14.4. The van der Waals surface area contributed by atoms with Crippen molar-refractivity contribution in [2.24, 2.45) is 34.5 Å². The first-order valence-corrected chi connectivity index (χ1v) is 24.7. The van der Waals surface area contributed by atoms with Crippen LogP contribution in [0.4, 0.5) is 0 Å². The first-order chi connectivity index (χ1) is 15.4. The molecule has 0 aromatic carbocycles. The van der Waals surface area contributed by atoms with Gasteiger partial charge in [-0.1, -0.05) is 13.8 Å². The van der Waals surface area contributed by atoms with Crippen LogP contribution < -0.4 is 0 Å². The summed E-state index contributed by atoms with van der Waals surface area (Å²) in [6.45, 7) is 26.5. The molecule has 3 unspecified atom stereocenters. The maximum absolute atomic E-state index is 7.03. The molecule has 0 radical (unpaired) electrons. The molecular formula is C28H56O3Si3. The van der Waals surface area contributed by atoms with Crippen molar-refractivity contribution in [2.45, 2.75) is 142 Å². The van der Waals surface area contributed by atoms with Gasteiger partial charge in [0.15, 0.2) is 25.0 Å². The minimum Gasteiger partial charge on any atom is -0.415 e. The third-order valence-electron chi connectivity index (χ3n) is 10.0. The summed E-state index contributed by atoms with van der Waals surface area (Å²) in [4.78, 5) is 0. The minimum atomic E-state index is -1.65. The molecule has 198 valence electrons. The zero-order valence-corrected chi connectivity index (χ0v) is 27.4. The highest BCUT2D eigenvalue weighted by Crippen LogP contribution is 2.67. The van der Waals surface area contributed by atoms with Gasteiger partial charge in [0, 0.05) is 6.10 Å². The van der Waals surface area contributed by atoms with Crippen LogP contribution in [-0.2, 0) is 13.3 Å². The zero-order chi connectivity index (χ0) is 25.3. The van der Waals surface area contributed by atoms with Crippen LogP contribution in [0.3, 0.4) is 0 Å². The van der Waals surface area contributed by atoms with Crippen LogP contribution in [-0.4, -0.2) is 43.3 Å². The predicted molar refractivity (Wildman–Crippen MR) is 152 cm³/mol. The third-order valence-corrected chi connectivity index (χ3v) is 13.0. The van der Waals surface area contributed by atoms with Crippen LogP contribution in [0.15, 0.2) is 0 Å². The minimum absolute atomic E-state index is 0.285.